The molecule has 0 spiro atoms. The van der Waals surface area contributed by atoms with E-state index >= 15 is 0 Å². The molecular weight excluding hydrogens is 630 g/mol. The number of carbonyl (C=O) groups excluding carboxylic acids is 2. The lowest BCUT2D eigenvalue weighted by atomic mass is 9.84. The van der Waals surface area contributed by atoms with Gasteiger partial charge in [-0.3, -0.25) is 14.5 Å². The second-order valence-electron chi connectivity index (χ2n) is 11.6. The van der Waals surface area contributed by atoms with Crippen molar-refractivity contribution in [2.24, 2.45) is 16.6 Å². The van der Waals surface area contributed by atoms with Crippen molar-refractivity contribution < 1.29 is 44.7 Å². The Labute approximate surface area is 255 Å². The highest BCUT2D eigenvalue weighted by atomic mass is 19.4. The Kier molecular flexibility index (Phi) is 7.54. The topological polar surface area (TPSA) is 110 Å². The molecule has 46 heavy (non-hydrogen) atoms. The number of nitrogens with zero attached hydrogens (tertiary/aromatic N) is 6. The van der Waals surface area contributed by atoms with Gasteiger partial charge in [-0.1, -0.05) is 18.9 Å². The van der Waals surface area contributed by atoms with Gasteiger partial charge in [-0.2, -0.15) is 26.3 Å². The lowest BCUT2D eigenvalue weighted by Gasteiger charge is -2.29. The quantitative estimate of drug-likeness (QED) is 0.361. The van der Waals surface area contributed by atoms with Gasteiger partial charge in [-0.25, -0.2) is 13.8 Å². The summed E-state index contributed by atoms with van der Waals surface area (Å²) in [4.78, 5) is 33.6. The summed E-state index contributed by atoms with van der Waals surface area (Å²) in [6, 6.07) is 5.25. The normalized spacial score (nSPS) is 20.3. The minimum Gasteiger partial charge on any atom is -0.369 e. The Morgan fingerprint density at radius 2 is 1.65 bits per heavy atom. The number of guanidine groups is 1. The first kappa shape index (κ1) is 31.4. The van der Waals surface area contributed by atoms with E-state index in [1.165, 1.54) is 0 Å². The Morgan fingerprint density at radius 3 is 2.28 bits per heavy atom. The molecule has 1 aromatic heterocycles. The molecule has 2 aromatic carbocycles. The molecule has 2 amide bonds. The average molecular weight is 656 g/mol. The fraction of sp³-hybridized carbons (Fsp3) is 0.414. The van der Waals surface area contributed by atoms with Crippen LogP contribution in [0.1, 0.15) is 64.4 Å². The third-order valence-electron chi connectivity index (χ3n) is 8.39. The number of hydrogen-bond donors (Lipinski definition) is 1. The molecule has 0 saturated heterocycles. The van der Waals surface area contributed by atoms with Crippen LogP contribution in [-0.2, 0) is 42.3 Å². The third kappa shape index (κ3) is 5.77. The van der Waals surface area contributed by atoms with Crippen LogP contribution in [0, 0.1) is 17.6 Å². The molecule has 0 radical (unpaired) electrons. The van der Waals surface area contributed by atoms with E-state index in [1.807, 2.05) is 0 Å². The number of nitrogens with two attached hydrogens (primary N) is 1. The van der Waals surface area contributed by atoms with E-state index in [1.54, 1.807) is 0 Å². The first-order valence-corrected chi connectivity index (χ1v) is 14.2. The van der Waals surface area contributed by atoms with Gasteiger partial charge in [0.1, 0.15) is 11.6 Å². The predicted molar refractivity (Wildman–Crippen MR) is 143 cm³/mol. The summed E-state index contributed by atoms with van der Waals surface area (Å²) < 4.78 is 111. The van der Waals surface area contributed by atoms with Gasteiger partial charge in [0.15, 0.2) is 17.3 Å². The van der Waals surface area contributed by atoms with Crippen molar-refractivity contribution in [2.75, 3.05) is 6.54 Å². The molecule has 1 atom stereocenters. The third-order valence-corrected chi connectivity index (χ3v) is 8.39. The summed E-state index contributed by atoms with van der Waals surface area (Å²) in [5, 5.41) is 6.58. The van der Waals surface area contributed by atoms with Gasteiger partial charge in [0, 0.05) is 19.2 Å². The van der Waals surface area contributed by atoms with Crippen LogP contribution in [0.3, 0.4) is 0 Å². The van der Waals surface area contributed by atoms with E-state index < -0.39 is 77.9 Å². The molecule has 3 heterocycles. The zero-order valence-corrected chi connectivity index (χ0v) is 23.8. The second-order valence-corrected chi connectivity index (χ2v) is 11.6. The molecule has 1 fully saturated rings. The lowest BCUT2D eigenvalue weighted by molar-refractivity contribution is -0.148. The van der Waals surface area contributed by atoms with E-state index in [0.717, 1.165) is 51.5 Å². The molecule has 244 valence electrons. The van der Waals surface area contributed by atoms with Crippen LogP contribution in [0.15, 0.2) is 41.4 Å². The van der Waals surface area contributed by atoms with Crippen LogP contribution in [0.4, 0.5) is 35.1 Å². The summed E-state index contributed by atoms with van der Waals surface area (Å²) in [6.45, 7) is -1.71. The number of rotatable bonds is 7. The fourth-order valence-electron chi connectivity index (χ4n) is 5.90. The highest BCUT2D eigenvalue weighted by molar-refractivity contribution is 6.07. The molecule has 1 unspecified atom stereocenters. The van der Waals surface area contributed by atoms with E-state index in [-0.39, 0.29) is 35.9 Å². The average Bonchev–Trinajstić information content (AvgIpc) is 3.65. The van der Waals surface area contributed by atoms with E-state index in [9.17, 15) is 44.7 Å². The van der Waals surface area contributed by atoms with Crippen molar-refractivity contribution in [3.8, 4) is 0 Å². The molecule has 6 rings (SSSR count). The Hall–Kier alpha value is -4.57. The van der Waals surface area contributed by atoms with Crippen molar-refractivity contribution in [2.45, 2.75) is 63.2 Å². The summed E-state index contributed by atoms with van der Waals surface area (Å²) >= 11 is 0. The fourth-order valence-corrected chi connectivity index (χ4v) is 5.90. The van der Waals surface area contributed by atoms with Gasteiger partial charge in [-0.05, 0) is 54.2 Å². The molecule has 17 heteroatoms. The van der Waals surface area contributed by atoms with Crippen molar-refractivity contribution in [1.82, 2.24) is 24.6 Å². The largest absolute Gasteiger partial charge is 0.451 e. The first-order chi connectivity index (χ1) is 21.6. The Morgan fingerprint density at radius 1 is 0.957 bits per heavy atom. The molecule has 1 aliphatic carbocycles. The smallest absolute Gasteiger partial charge is 0.369 e. The number of alkyl halides is 6. The summed E-state index contributed by atoms with van der Waals surface area (Å²) in [5.74, 6) is -5.28. The number of carbonyl (C=O) groups is 2. The van der Waals surface area contributed by atoms with Crippen molar-refractivity contribution in [3.05, 3.63) is 81.9 Å². The SMILES string of the molecule is NC1=NC(CCC2CC2)(c2cc(F)cc(F)c2)C(=O)N1Cc1ccc(C(F)(F)F)c(C(=O)N2CCn3c(nnc3C(F)(F)F)C2)c1. The number of hydrogen-bond acceptors (Lipinski definition) is 6. The van der Waals surface area contributed by atoms with Crippen LogP contribution in [-0.4, -0.2) is 48.9 Å². The number of benzene rings is 2. The van der Waals surface area contributed by atoms with Crippen LogP contribution in [0.25, 0.3) is 0 Å². The maximum absolute atomic E-state index is 14.2. The number of halogens is 8. The van der Waals surface area contributed by atoms with Crippen LogP contribution >= 0.6 is 0 Å². The maximum atomic E-state index is 14.2. The molecule has 2 N–H and O–H groups in total. The maximum Gasteiger partial charge on any atom is 0.451 e. The zero-order valence-electron chi connectivity index (χ0n) is 23.8. The second kappa shape index (κ2) is 11.0. The Balaban J connectivity index is 1.30. The molecule has 1 saturated carbocycles. The van der Waals surface area contributed by atoms with Crippen molar-refractivity contribution in [3.63, 3.8) is 0 Å². The number of amides is 2. The standard InChI is InChI=1S/C29H25F8N7O2/c30-18-10-17(11-19(31)12-18)27(6-5-15-1-2-15)25(46)44(26(38)39-27)13-16-3-4-21(28(32,33)34)20(9-16)23(45)42-7-8-43-22(14-42)40-41-24(43)29(35,36)37/h3-4,9-12,15H,1-2,5-8,13-14H2,(H2,38,39). The van der Waals surface area contributed by atoms with Crippen LogP contribution in [0.2, 0.25) is 0 Å². The van der Waals surface area contributed by atoms with Crippen LogP contribution in [0.5, 0.6) is 0 Å². The minimum absolute atomic E-state index is 0.0470. The molecule has 9 nitrogen and oxygen atoms in total. The number of fused-ring (bicyclic) bond motifs is 1. The minimum atomic E-state index is -4.98. The molecule has 0 bridgehead atoms. The molecule has 2 aliphatic heterocycles. The number of aromatic nitrogens is 3. The summed E-state index contributed by atoms with van der Waals surface area (Å²) in [7, 11) is 0. The van der Waals surface area contributed by atoms with Gasteiger partial charge in [0.2, 0.25) is 5.82 Å². The van der Waals surface area contributed by atoms with Gasteiger partial charge in [-0.15, -0.1) is 10.2 Å². The lowest BCUT2D eigenvalue weighted by Crippen LogP contribution is -2.43. The van der Waals surface area contributed by atoms with E-state index in [2.05, 4.69) is 15.2 Å². The molecular formula is C29H25F8N7O2. The highest BCUT2D eigenvalue weighted by Crippen LogP contribution is 2.44. The monoisotopic (exact) mass is 655 g/mol. The molecule has 3 aliphatic rings. The predicted octanol–water partition coefficient (Wildman–Crippen LogP) is 4.99. The van der Waals surface area contributed by atoms with Gasteiger partial charge in [0.05, 0.1) is 24.2 Å². The van der Waals surface area contributed by atoms with Crippen molar-refractivity contribution in [1.29, 1.82) is 0 Å². The van der Waals surface area contributed by atoms with Gasteiger partial charge >= 0.3 is 12.4 Å². The van der Waals surface area contributed by atoms with Gasteiger partial charge in [0.25, 0.3) is 11.8 Å². The molecule has 3 aromatic rings. The highest BCUT2D eigenvalue weighted by Gasteiger charge is 2.50. The van der Waals surface area contributed by atoms with Crippen molar-refractivity contribution >= 4 is 17.8 Å². The van der Waals surface area contributed by atoms with Crippen LogP contribution < -0.4 is 5.73 Å². The van der Waals surface area contributed by atoms with E-state index in [0.29, 0.717) is 24.5 Å². The number of aliphatic imine (C=N–C) groups is 1. The van der Waals surface area contributed by atoms with E-state index in [4.69, 9.17) is 5.73 Å². The first-order valence-electron chi connectivity index (χ1n) is 14.2. The summed E-state index contributed by atoms with van der Waals surface area (Å²) in [5.41, 5.74) is 2.26. The zero-order chi connectivity index (χ0) is 33.2. The Bertz CT molecular complexity index is 1730. The summed E-state index contributed by atoms with van der Waals surface area (Å²) in [6.07, 6.45) is -7.35. The van der Waals surface area contributed by atoms with Gasteiger partial charge < -0.3 is 15.2 Å².